The number of carbonyl (C=O) groups excluding carboxylic acids is 3. The number of aromatic amines is 1. The van der Waals surface area contributed by atoms with Gasteiger partial charge in [-0.3, -0.25) is 19.4 Å². The average Bonchev–Trinajstić information content (AvgIpc) is 3.85. The molecule has 1 aromatic heterocycles. The van der Waals surface area contributed by atoms with Gasteiger partial charge in [-0.2, -0.15) is 8.78 Å². The molecule has 0 radical (unpaired) electrons. The number of nitrogens with zero attached hydrogens (tertiary/aromatic N) is 3. The molecule has 80 heavy (non-hydrogen) atoms. The van der Waals surface area contributed by atoms with E-state index < -0.39 is 107 Å². The highest BCUT2D eigenvalue weighted by Gasteiger charge is 2.80. The first-order valence-corrected chi connectivity index (χ1v) is 31.0. The van der Waals surface area contributed by atoms with Crippen molar-refractivity contribution in [3.8, 4) is 11.5 Å². The molecular weight excluding hydrogens is 1060 g/mol. The van der Waals surface area contributed by atoms with Crippen LogP contribution in [0.1, 0.15) is 107 Å². The number of hydrogen-bond acceptors (Lipinski definition) is 13. The molecule has 3 aromatic carbocycles. The topological polar surface area (TPSA) is 163 Å². The third-order valence-corrected chi connectivity index (χ3v) is 24.6. The fourth-order valence-corrected chi connectivity index (χ4v) is 21.5. The zero-order valence-electron chi connectivity index (χ0n) is 46.5. The number of fused-ring (bicyclic) bond motifs is 6. The number of halogens is 5. The summed E-state index contributed by atoms with van der Waals surface area (Å²) < 4.78 is 102. The highest BCUT2D eigenvalue weighted by molar-refractivity contribution is 6.74. The van der Waals surface area contributed by atoms with E-state index in [4.69, 9.17) is 23.4 Å². The van der Waals surface area contributed by atoms with Crippen molar-refractivity contribution in [2.24, 2.45) is 11.3 Å². The molecule has 11 rings (SSSR count). The van der Waals surface area contributed by atoms with Crippen molar-refractivity contribution in [3.63, 3.8) is 0 Å². The van der Waals surface area contributed by atoms with Gasteiger partial charge < -0.3 is 43.5 Å². The van der Waals surface area contributed by atoms with Crippen LogP contribution in [0.5, 0.6) is 11.5 Å². The van der Waals surface area contributed by atoms with Crippen molar-refractivity contribution in [2.45, 2.75) is 149 Å². The average molecular weight is 1130 g/mol. The number of rotatable bonds is 14. The number of unbranched alkanes of at least 4 members (excludes halogenated alkanes) is 1. The predicted octanol–water partition coefficient (Wildman–Crippen LogP) is 9.05. The highest BCUT2D eigenvalue weighted by Crippen LogP contribution is 2.69. The summed E-state index contributed by atoms with van der Waals surface area (Å²) in [7, 11) is 3.14. The molecule has 3 saturated heterocycles. The number of nitrogens with one attached hydrogen (secondary N) is 1. The SMILES string of the molecule is CC[C@]1(O)CC2CN(CCc3c([nH]c4ccccc34)[C@@](C(=O)OC)(c3cc4c(cc3OC)N(C)[C@H]3[C@@](O)(C(=O)OC)[C@H](O[Si]5(CCCCC(=O)Oc6c(F)c(F)c(F)c(F)c6F)CCCCC5)[C@]5(CC)C=CCN6CC[C@]43[C@@H]65)C2)C1. The molecule has 6 aliphatic heterocycles. The third-order valence-electron chi connectivity index (χ3n) is 20.1. The van der Waals surface area contributed by atoms with Gasteiger partial charge in [-0.1, -0.05) is 69.9 Å². The van der Waals surface area contributed by atoms with Gasteiger partial charge in [0.25, 0.3) is 0 Å². The maximum Gasteiger partial charge on any atom is 0.342 e. The largest absolute Gasteiger partial charge is 0.496 e. The Balaban J connectivity index is 1.03. The number of likely N-dealkylation sites (N-methyl/N-ethyl adjacent to an activating group) is 1. The molecule has 14 nitrogen and oxygen atoms in total. The number of hydrogen-bond donors (Lipinski definition) is 3. The number of benzene rings is 3. The summed E-state index contributed by atoms with van der Waals surface area (Å²) in [4.78, 5) is 54.5. The molecule has 1 aliphatic carbocycles. The van der Waals surface area contributed by atoms with E-state index in [1.165, 1.54) is 14.2 Å². The van der Waals surface area contributed by atoms with Crippen molar-refractivity contribution in [1.82, 2.24) is 14.8 Å². The summed E-state index contributed by atoms with van der Waals surface area (Å²) in [5, 5.41) is 27.4. The molecule has 0 amide bonds. The fourth-order valence-electron chi connectivity index (χ4n) is 16.8. The Morgan fingerprint density at radius 2 is 1.55 bits per heavy atom. The summed E-state index contributed by atoms with van der Waals surface area (Å²) in [6.07, 6.45) is 8.62. The molecule has 4 fully saturated rings. The summed E-state index contributed by atoms with van der Waals surface area (Å²) in [5.41, 5.74) is -2.12. The molecule has 7 aliphatic rings. The van der Waals surface area contributed by atoms with Crippen LogP contribution in [0.25, 0.3) is 10.9 Å². The molecule has 2 unspecified atom stereocenters. The van der Waals surface area contributed by atoms with Gasteiger partial charge in [-0.15, -0.1) is 0 Å². The first kappa shape index (κ1) is 56.5. The Hall–Kier alpha value is -5.38. The number of esters is 3. The van der Waals surface area contributed by atoms with Crippen LogP contribution in [-0.2, 0) is 45.5 Å². The van der Waals surface area contributed by atoms with Gasteiger partial charge in [0.2, 0.25) is 40.4 Å². The molecule has 20 heteroatoms. The molecule has 1 spiro atoms. The first-order chi connectivity index (χ1) is 38.3. The standard InChI is InChI=1S/C60H73F5N4O10Si/c1-7-56(73)31-35-32-59(54(71)76-5,50-37(20-24-68(33-35)34-56)36-17-10-11-18-40(36)66-50)39-29-38-41(30-42(39)75-4)67(3)52-58(38)22-25-69-23-16-21-57(8-2,51(58)69)53(60(52,74)55(72)77-6)79-80(26-13-9-14-27-80)28-15-12-19-43(70)78-49-47(64)45(62)44(61)46(63)48(49)65/h10-11,16-18,21,29-30,35,51-53,66,73-74H,7-9,12-15,19-20,22-28,31-34H2,1-6H3/t35?,51-,52+,53+,56-,57+,58+,59-,60-/m0/s1. The second-order valence-corrected chi connectivity index (χ2v) is 28.1. The second-order valence-electron chi connectivity index (χ2n) is 24.0. The van der Waals surface area contributed by atoms with E-state index >= 15 is 9.59 Å². The van der Waals surface area contributed by atoms with Gasteiger partial charge in [-0.05, 0) is 98.8 Å². The lowest BCUT2D eigenvalue weighted by atomic mass is 9.47. The van der Waals surface area contributed by atoms with Crippen LogP contribution in [0.3, 0.4) is 0 Å². The smallest absolute Gasteiger partial charge is 0.342 e. The van der Waals surface area contributed by atoms with Crippen LogP contribution in [0.2, 0.25) is 18.1 Å². The molecule has 7 heterocycles. The van der Waals surface area contributed by atoms with Crippen LogP contribution >= 0.6 is 0 Å². The lowest BCUT2D eigenvalue weighted by Crippen LogP contribution is -2.82. The number of aliphatic hydroxyl groups is 2. The van der Waals surface area contributed by atoms with E-state index in [9.17, 15) is 37.0 Å². The van der Waals surface area contributed by atoms with E-state index in [0.717, 1.165) is 41.3 Å². The van der Waals surface area contributed by atoms with Crippen molar-refractivity contribution >= 4 is 42.8 Å². The number of anilines is 1. The Labute approximate surface area is 464 Å². The van der Waals surface area contributed by atoms with Gasteiger partial charge in [0.05, 0.1) is 39.1 Å². The molecule has 3 N–H and O–H groups in total. The molecule has 4 aromatic rings. The number of carbonyl (C=O) groups is 3. The quantitative estimate of drug-likeness (QED) is 0.0160. The minimum Gasteiger partial charge on any atom is -0.496 e. The second kappa shape index (κ2) is 20.8. The monoisotopic (exact) mass is 1130 g/mol. The molecule has 2 bridgehead atoms. The van der Waals surface area contributed by atoms with Crippen molar-refractivity contribution < 1.29 is 69.9 Å². The predicted molar refractivity (Wildman–Crippen MR) is 289 cm³/mol. The number of para-hydroxylation sites is 1. The highest BCUT2D eigenvalue weighted by atomic mass is 28.4. The maximum atomic E-state index is 15.6. The summed E-state index contributed by atoms with van der Waals surface area (Å²) in [6.45, 7) is 7.10. The van der Waals surface area contributed by atoms with Gasteiger partial charge in [0.15, 0.2) is 8.32 Å². The zero-order chi connectivity index (χ0) is 56.9. The van der Waals surface area contributed by atoms with Crippen molar-refractivity contribution in [3.05, 3.63) is 100 Å². The third kappa shape index (κ3) is 8.32. The van der Waals surface area contributed by atoms with Crippen LogP contribution in [0.4, 0.5) is 27.6 Å². The van der Waals surface area contributed by atoms with Crippen molar-refractivity contribution in [1.29, 1.82) is 0 Å². The molecule has 10 atom stereocenters. The molecule has 432 valence electrons. The summed E-state index contributed by atoms with van der Waals surface area (Å²) in [5.74, 6) is -15.2. The van der Waals surface area contributed by atoms with Crippen LogP contribution in [0.15, 0.2) is 48.6 Å². The zero-order valence-corrected chi connectivity index (χ0v) is 47.5. The normalized spacial score (nSPS) is 32.2. The van der Waals surface area contributed by atoms with E-state index in [1.807, 2.05) is 43.1 Å². The van der Waals surface area contributed by atoms with Gasteiger partial charge in [0.1, 0.15) is 11.2 Å². The Morgan fingerprint density at radius 3 is 2.24 bits per heavy atom. The van der Waals surface area contributed by atoms with Gasteiger partial charge in [-0.25, -0.2) is 18.0 Å². The Morgan fingerprint density at radius 1 is 0.838 bits per heavy atom. The fraction of sp³-hybridized carbons (Fsp3) is 0.583. The number of H-pyrrole nitrogens is 1. The van der Waals surface area contributed by atoms with E-state index in [2.05, 4.69) is 46.0 Å². The van der Waals surface area contributed by atoms with Crippen LogP contribution in [-0.4, -0.2) is 142 Å². The lowest BCUT2D eigenvalue weighted by molar-refractivity contribution is -0.214. The minimum atomic E-state index is -3.02. The van der Waals surface area contributed by atoms with E-state index in [1.54, 1.807) is 7.11 Å². The van der Waals surface area contributed by atoms with Crippen LogP contribution < -0.4 is 14.4 Å². The number of methoxy groups -OCH3 is 3. The lowest BCUT2D eigenvalue weighted by Gasteiger charge is -2.65. The molecule has 1 saturated carbocycles. The first-order valence-electron chi connectivity index (χ1n) is 28.5. The Bertz CT molecular complexity index is 3130. The summed E-state index contributed by atoms with van der Waals surface area (Å²) >= 11 is 0. The van der Waals surface area contributed by atoms with E-state index in [0.29, 0.717) is 112 Å². The molecular formula is C60H73F5N4O10Si. The Kier molecular flexibility index (Phi) is 14.7. The number of ether oxygens (including phenoxy) is 4. The maximum absolute atomic E-state index is 15.6. The van der Waals surface area contributed by atoms with Crippen LogP contribution in [0, 0.1) is 40.4 Å². The number of aromatic nitrogens is 1. The van der Waals surface area contributed by atoms with Gasteiger partial charge >= 0.3 is 17.9 Å². The van der Waals surface area contributed by atoms with Gasteiger partial charge in [0, 0.05) is 90.4 Å². The minimum absolute atomic E-state index is 0.132. The van der Waals surface area contributed by atoms with E-state index in [-0.39, 0.29) is 24.8 Å². The summed E-state index contributed by atoms with van der Waals surface area (Å²) in [6, 6.07) is 12.6. The van der Waals surface area contributed by atoms with Crippen molar-refractivity contribution in [2.75, 3.05) is 66.0 Å². The number of piperidine rings is 1.